The molecule has 3 rings (SSSR count). The largest absolute Gasteiger partial charge is 0.489 e. The first kappa shape index (κ1) is 17.2. The molecule has 1 amide bonds. The van der Waals surface area contributed by atoms with Crippen molar-refractivity contribution in [3.63, 3.8) is 0 Å². The second kappa shape index (κ2) is 8.44. The van der Waals surface area contributed by atoms with E-state index in [-0.39, 0.29) is 5.91 Å². The third-order valence-electron chi connectivity index (χ3n) is 3.66. The molecule has 128 valence electrons. The Balaban J connectivity index is 1.57. The van der Waals surface area contributed by atoms with Crippen LogP contribution in [0.15, 0.2) is 76.2 Å². The molecule has 1 heterocycles. The Hall–Kier alpha value is -2.66. The quantitative estimate of drug-likeness (QED) is 0.635. The highest BCUT2D eigenvalue weighted by molar-refractivity contribution is 7.98. The highest BCUT2D eigenvalue weighted by Crippen LogP contribution is 2.20. The van der Waals surface area contributed by atoms with Crippen LogP contribution in [0.2, 0.25) is 0 Å². The number of ether oxygens (including phenoxy) is 1. The summed E-state index contributed by atoms with van der Waals surface area (Å²) < 4.78 is 11.0. The van der Waals surface area contributed by atoms with E-state index in [9.17, 15) is 4.79 Å². The summed E-state index contributed by atoms with van der Waals surface area (Å²) in [5.74, 6) is 1.40. The molecule has 2 aromatic carbocycles. The van der Waals surface area contributed by atoms with Crippen molar-refractivity contribution in [3.8, 4) is 5.75 Å². The molecular formula is C20H19NO3S. The van der Waals surface area contributed by atoms with Crippen LogP contribution in [0.1, 0.15) is 21.7 Å². The molecule has 0 saturated carbocycles. The molecule has 25 heavy (non-hydrogen) atoms. The van der Waals surface area contributed by atoms with Crippen molar-refractivity contribution in [2.45, 2.75) is 18.0 Å². The first-order valence-electron chi connectivity index (χ1n) is 7.91. The lowest BCUT2D eigenvalue weighted by atomic mass is 10.1. The van der Waals surface area contributed by atoms with Crippen molar-refractivity contribution in [3.05, 3.63) is 83.8 Å². The summed E-state index contributed by atoms with van der Waals surface area (Å²) in [6, 6.07) is 19.0. The topological polar surface area (TPSA) is 51.5 Å². The van der Waals surface area contributed by atoms with Crippen LogP contribution in [0.3, 0.4) is 0 Å². The molecule has 5 heteroatoms. The standard InChI is InChI=1S/C20H19NO3S/c1-25-19-9-7-17(8-10-19)24-14-15-4-2-5-16(12-15)20(22)21-13-18-6-3-11-23-18/h2-12H,13-14H2,1H3,(H,21,22). The van der Waals surface area contributed by atoms with Gasteiger partial charge in [0, 0.05) is 10.5 Å². The summed E-state index contributed by atoms with van der Waals surface area (Å²) in [5.41, 5.74) is 1.55. The number of carbonyl (C=O) groups excluding carboxylic acids is 1. The van der Waals surface area contributed by atoms with Crippen LogP contribution in [0.25, 0.3) is 0 Å². The summed E-state index contributed by atoms with van der Waals surface area (Å²) in [5, 5.41) is 2.84. The molecule has 0 radical (unpaired) electrons. The van der Waals surface area contributed by atoms with Gasteiger partial charge in [-0.05, 0) is 60.4 Å². The van der Waals surface area contributed by atoms with Crippen molar-refractivity contribution in [2.24, 2.45) is 0 Å². The van der Waals surface area contributed by atoms with Crippen LogP contribution in [-0.2, 0) is 13.2 Å². The van der Waals surface area contributed by atoms with E-state index in [2.05, 4.69) is 5.32 Å². The van der Waals surface area contributed by atoms with E-state index < -0.39 is 0 Å². The van der Waals surface area contributed by atoms with Crippen LogP contribution >= 0.6 is 11.8 Å². The van der Waals surface area contributed by atoms with Gasteiger partial charge in [0.05, 0.1) is 12.8 Å². The minimum absolute atomic E-state index is 0.137. The molecule has 0 unspecified atom stereocenters. The Labute approximate surface area is 151 Å². The summed E-state index contributed by atoms with van der Waals surface area (Å²) in [4.78, 5) is 13.4. The number of amides is 1. The Kier molecular flexibility index (Phi) is 5.80. The van der Waals surface area contributed by atoms with E-state index in [4.69, 9.17) is 9.15 Å². The van der Waals surface area contributed by atoms with Gasteiger partial charge in [0.1, 0.15) is 18.1 Å². The lowest BCUT2D eigenvalue weighted by Crippen LogP contribution is -2.22. The van der Waals surface area contributed by atoms with Crippen LogP contribution < -0.4 is 10.1 Å². The first-order valence-corrected chi connectivity index (χ1v) is 9.13. The van der Waals surface area contributed by atoms with Gasteiger partial charge in [-0.1, -0.05) is 12.1 Å². The number of nitrogens with one attached hydrogen (secondary N) is 1. The number of thioether (sulfide) groups is 1. The minimum Gasteiger partial charge on any atom is -0.489 e. The van der Waals surface area contributed by atoms with Gasteiger partial charge in [-0.25, -0.2) is 0 Å². The SMILES string of the molecule is CSc1ccc(OCc2cccc(C(=O)NCc3ccco3)c2)cc1. The third kappa shape index (κ3) is 4.90. The van der Waals surface area contributed by atoms with E-state index in [1.165, 1.54) is 4.90 Å². The number of rotatable bonds is 7. The maximum atomic E-state index is 12.2. The monoisotopic (exact) mass is 353 g/mol. The van der Waals surface area contributed by atoms with Gasteiger partial charge in [0.15, 0.2) is 0 Å². The van der Waals surface area contributed by atoms with E-state index in [1.54, 1.807) is 30.2 Å². The lowest BCUT2D eigenvalue weighted by molar-refractivity contribution is 0.0948. The molecule has 0 spiro atoms. The molecule has 0 atom stereocenters. The molecule has 1 N–H and O–H groups in total. The van der Waals surface area contributed by atoms with E-state index >= 15 is 0 Å². The van der Waals surface area contributed by atoms with Gasteiger partial charge in [-0.2, -0.15) is 0 Å². The fraction of sp³-hybridized carbons (Fsp3) is 0.150. The van der Waals surface area contributed by atoms with Crippen molar-refractivity contribution < 1.29 is 13.9 Å². The Morgan fingerprint density at radius 1 is 1.12 bits per heavy atom. The average Bonchev–Trinajstić information content (AvgIpc) is 3.19. The van der Waals surface area contributed by atoms with Crippen molar-refractivity contribution >= 4 is 17.7 Å². The summed E-state index contributed by atoms with van der Waals surface area (Å²) in [7, 11) is 0. The molecule has 0 aliphatic rings. The normalized spacial score (nSPS) is 10.4. The summed E-state index contributed by atoms with van der Waals surface area (Å²) in [6.07, 6.45) is 3.63. The molecule has 0 aliphatic heterocycles. The van der Waals surface area contributed by atoms with Gasteiger partial charge in [-0.3, -0.25) is 4.79 Å². The minimum atomic E-state index is -0.137. The molecular weight excluding hydrogens is 334 g/mol. The van der Waals surface area contributed by atoms with E-state index in [1.807, 2.05) is 54.8 Å². The van der Waals surface area contributed by atoms with Gasteiger partial charge in [0.25, 0.3) is 5.91 Å². The number of hydrogen-bond donors (Lipinski definition) is 1. The second-order valence-corrected chi connectivity index (χ2v) is 6.31. The molecule has 3 aromatic rings. The number of hydrogen-bond acceptors (Lipinski definition) is 4. The molecule has 0 fully saturated rings. The Morgan fingerprint density at radius 2 is 1.96 bits per heavy atom. The van der Waals surface area contributed by atoms with Gasteiger partial charge >= 0.3 is 0 Å². The Bertz CT molecular complexity index is 813. The second-order valence-electron chi connectivity index (χ2n) is 5.43. The maximum absolute atomic E-state index is 12.2. The van der Waals surface area contributed by atoms with Gasteiger partial charge < -0.3 is 14.5 Å². The average molecular weight is 353 g/mol. The zero-order valence-corrected chi connectivity index (χ0v) is 14.7. The lowest BCUT2D eigenvalue weighted by Gasteiger charge is -2.09. The molecule has 1 aromatic heterocycles. The first-order chi connectivity index (χ1) is 12.2. The van der Waals surface area contributed by atoms with Gasteiger partial charge in [-0.15, -0.1) is 11.8 Å². The van der Waals surface area contributed by atoms with Crippen LogP contribution in [0.5, 0.6) is 5.75 Å². The summed E-state index contributed by atoms with van der Waals surface area (Å²) >= 11 is 1.69. The fourth-order valence-corrected chi connectivity index (χ4v) is 2.73. The predicted octanol–water partition coefficient (Wildman–Crippen LogP) is 4.51. The van der Waals surface area contributed by atoms with Crippen LogP contribution in [-0.4, -0.2) is 12.2 Å². The zero-order chi connectivity index (χ0) is 17.5. The molecule has 4 nitrogen and oxygen atoms in total. The smallest absolute Gasteiger partial charge is 0.251 e. The molecule has 0 bridgehead atoms. The highest BCUT2D eigenvalue weighted by atomic mass is 32.2. The Morgan fingerprint density at radius 3 is 2.68 bits per heavy atom. The maximum Gasteiger partial charge on any atom is 0.251 e. The van der Waals surface area contributed by atoms with Gasteiger partial charge in [0.2, 0.25) is 0 Å². The van der Waals surface area contributed by atoms with E-state index in [0.717, 1.165) is 17.1 Å². The fourth-order valence-electron chi connectivity index (χ4n) is 2.32. The number of furan rings is 1. The molecule has 0 aliphatic carbocycles. The predicted molar refractivity (Wildman–Crippen MR) is 98.9 cm³/mol. The number of carbonyl (C=O) groups is 1. The van der Waals surface area contributed by atoms with Crippen molar-refractivity contribution in [2.75, 3.05) is 6.26 Å². The van der Waals surface area contributed by atoms with Crippen LogP contribution in [0, 0.1) is 0 Å². The van der Waals surface area contributed by atoms with Crippen molar-refractivity contribution in [1.82, 2.24) is 5.32 Å². The molecule has 0 saturated heterocycles. The third-order valence-corrected chi connectivity index (χ3v) is 4.40. The van der Waals surface area contributed by atoms with Crippen molar-refractivity contribution in [1.29, 1.82) is 0 Å². The highest BCUT2D eigenvalue weighted by Gasteiger charge is 2.07. The number of benzene rings is 2. The summed E-state index contributed by atoms with van der Waals surface area (Å²) in [6.45, 7) is 0.784. The van der Waals surface area contributed by atoms with Crippen LogP contribution in [0.4, 0.5) is 0 Å². The zero-order valence-electron chi connectivity index (χ0n) is 13.9. The van der Waals surface area contributed by atoms with E-state index in [0.29, 0.717) is 18.7 Å².